The molecule has 2 rings (SSSR count). The van der Waals surface area contributed by atoms with Crippen molar-refractivity contribution in [1.29, 1.82) is 0 Å². The molecule has 0 saturated heterocycles. The van der Waals surface area contributed by atoms with Crippen molar-refractivity contribution in [1.82, 2.24) is 15.3 Å². The van der Waals surface area contributed by atoms with Crippen LogP contribution in [0.3, 0.4) is 0 Å². The summed E-state index contributed by atoms with van der Waals surface area (Å²) >= 11 is 0. The molecule has 2 heterocycles. The molecule has 2 aromatic heterocycles. The molecular weight excluding hydrogens is 306 g/mol. The van der Waals surface area contributed by atoms with Gasteiger partial charge in [0.25, 0.3) is 5.91 Å². The third-order valence-electron chi connectivity index (χ3n) is 4.39. The quantitative estimate of drug-likeness (QED) is 0.816. The Morgan fingerprint density at radius 1 is 1.12 bits per heavy atom. The van der Waals surface area contributed by atoms with Crippen LogP contribution in [0.5, 0.6) is 0 Å². The van der Waals surface area contributed by atoms with Crippen LogP contribution in [0.1, 0.15) is 37.2 Å². The van der Waals surface area contributed by atoms with Crippen LogP contribution < -0.4 is 5.32 Å². The molecule has 6 heteroatoms. The van der Waals surface area contributed by atoms with E-state index in [9.17, 15) is 14.7 Å². The van der Waals surface area contributed by atoms with Gasteiger partial charge in [0.15, 0.2) is 0 Å². The molecule has 0 aliphatic heterocycles. The molecule has 2 N–H and O–H groups in total. The predicted molar refractivity (Wildman–Crippen MR) is 90.5 cm³/mol. The molecule has 0 radical (unpaired) electrons. The molecule has 24 heavy (non-hydrogen) atoms. The van der Waals surface area contributed by atoms with Gasteiger partial charge < -0.3 is 10.4 Å². The van der Waals surface area contributed by atoms with Gasteiger partial charge >= 0.3 is 5.97 Å². The number of aromatic nitrogens is 2. The lowest BCUT2D eigenvalue weighted by Crippen LogP contribution is -2.42. The molecule has 0 unspecified atom stereocenters. The Kier molecular flexibility index (Phi) is 5.63. The molecular formula is C18H21N3O3. The monoisotopic (exact) mass is 327 g/mol. The smallest absolute Gasteiger partial charge is 0.311 e. The minimum atomic E-state index is -0.939. The number of rotatable bonds is 7. The Bertz CT molecular complexity index is 695. The van der Waals surface area contributed by atoms with E-state index < -0.39 is 11.4 Å². The van der Waals surface area contributed by atoms with E-state index in [0.717, 1.165) is 11.1 Å². The van der Waals surface area contributed by atoms with E-state index in [4.69, 9.17) is 0 Å². The predicted octanol–water partition coefficient (Wildman–Crippen LogP) is 2.76. The first kappa shape index (κ1) is 17.6. The van der Waals surface area contributed by atoms with Crippen molar-refractivity contribution < 1.29 is 14.7 Å². The number of carbonyl (C=O) groups is 2. The molecule has 126 valence electrons. The molecule has 0 saturated carbocycles. The number of aliphatic carboxylic acids is 1. The highest BCUT2D eigenvalue weighted by molar-refractivity contribution is 5.93. The maximum absolute atomic E-state index is 12.2. The number of nitrogens with zero attached hydrogens (tertiary/aromatic N) is 2. The third kappa shape index (κ3) is 3.76. The van der Waals surface area contributed by atoms with Gasteiger partial charge in [-0.1, -0.05) is 26.0 Å². The largest absolute Gasteiger partial charge is 0.481 e. The van der Waals surface area contributed by atoms with E-state index in [-0.39, 0.29) is 18.1 Å². The number of hydrogen-bond donors (Lipinski definition) is 2. The lowest BCUT2D eigenvalue weighted by Gasteiger charge is -2.26. The Morgan fingerprint density at radius 2 is 1.83 bits per heavy atom. The fourth-order valence-electron chi connectivity index (χ4n) is 2.45. The molecule has 0 aliphatic carbocycles. The molecule has 0 bridgehead atoms. The van der Waals surface area contributed by atoms with Gasteiger partial charge in [-0.2, -0.15) is 0 Å². The van der Waals surface area contributed by atoms with Gasteiger partial charge in [0, 0.05) is 36.3 Å². The highest BCUT2D eigenvalue weighted by atomic mass is 16.4. The average molecular weight is 327 g/mol. The number of carboxylic acids is 1. The van der Waals surface area contributed by atoms with E-state index in [2.05, 4.69) is 15.3 Å². The van der Waals surface area contributed by atoms with Crippen molar-refractivity contribution in [3.8, 4) is 11.1 Å². The Balaban J connectivity index is 2.07. The van der Waals surface area contributed by atoms with E-state index in [1.165, 1.54) is 0 Å². The number of pyridine rings is 2. The molecule has 0 spiro atoms. The van der Waals surface area contributed by atoms with Crippen molar-refractivity contribution in [2.75, 3.05) is 6.54 Å². The van der Waals surface area contributed by atoms with Gasteiger partial charge in [0.2, 0.25) is 0 Å². The first-order valence-electron chi connectivity index (χ1n) is 7.90. The summed E-state index contributed by atoms with van der Waals surface area (Å²) in [5.74, 6) is -1.27. The van der Waals surface area contributed by atoms with E-state index in [0.29, 0.717) is 12.8 Å². The minimum absolute atomic E-state index is 0.0835. The summed E-state index contributed by atoms with van der Waals surface area (Å²) in [5.41, 5.74) is 1.10. The van der Waals surface area contributed by atoms with Crippen LogP contribution in [0.4, 0.5) is 0 Å². The summed E-state index contributed by atoms with van der Waals surface area (Å²) in [6, 6.07) is 7.16. The number of amides is 1. The fourth-order valence-corrected chi connectivity index (χ4v) is 2.45. The SMILES string of the molecule is CCC(CC)(CNC(=O)c1ccc(-c2cccnc2)cn1)C(=O)O. The third-order valence-corrected chi connectivity index (χ3v) is 4.39. The number of nitrogens with one attached hydrogen (secondary N) is 1. The van der Waals surface area contributed by atoms with Crippen molar-refractivity contribution in [2.24, 2.45) is 5.41 Å². The van der Waals surface area contributed by atoms with Gasteiger partial charge in [-0.25, -0.2) is 0 Å². The highest BCUT2D eigenvalue weighted by Gasteiger charge is 2.35. The highest BCUT2D eigenvalue weighted by Crippen LogP contribution is 2.25. The summed E-state index contributed by atoms with van der Waals surface area (Å²) in [6.07, 6.45) is 5.92. The second-order valence-corrected chi connectivity index (χ2v) is 5.65. The van der Waals surface area contributed by atoms with Crippen LogP contribution in [0.2, 0.25) is 0 Å². The zero-order chi connectivity index (χ0) is 17.6. The van der Waals surface area contributed by atoms with Crippen LogP contribution >= 0.6 is 0 Å². The lowest BCUT2D eigenvalue weighted by atomic mass is 9.82. The molecule has 0 aliphatic rings. The second kappa shape index (κ2) is 7.68. The molecule has 6 nitrogen and oxygen atoms in total. The van der Waals surface area contributed by atoms with Crippen LogP contribution in [0, 0.1) is 5.41 Å². The maximum Gasteiger partial charge on any atom is 0.311 e. The number of carboxylic acid groups (broad SMARTS) is 1. The van der Waals surface area contributed by atoms with Crippen molar-refractivity contribution >= 4 is 11.9 Å². The summed E-state index contributed by atoms with van der Waals surface area (Å²) < 4.78 is 0. The summed E-state index contributed by atoms with van der Waals surface area (Å²) in [6.45, 7) is 3.70. The Morgan fingerprint density at radius 3 is 2.33 bits per heavy atom. The summed E-state index contributed by atoms with van der Waals surface area (Å²) in [4.78, 5) is 31.9. The van der Waals surface area contributed by atoms with E-state index in [1.54, 1.807) is 30.7 Å². The second-order valence-electron chi connectivity index (χ2n) is 5.65. The average Bonchev–Trinajstić information content (AvgIpc) is 2.63. The summed E-state index contributed by atoms with van der Waals surface area (Å²) in [7, 11) is 0. The first-order valence-corrected chi connectivity index (χ1v) is 7.90. The minimum Gasteiger partial charge on any atom is -0.481 e. The van der Waals surface area contributed by atoms with Crippen LogP contribution in [0.15, 0.2) is 42.9 Å². The number of hydrogen-bond acceptors (Lipinski definition) is 4. The van der Waals surface area contributed by atoms with Crippen molar-refractivity contribution in [2.45, 2.75) is 26.7 Å². The fraction of sp³-hybridized carbons (Fsp3) is 0.333. The van der Waals surface area contributed by atoms with Gasteiger partial charge in [0.05, 0.1) is 5.41 Å². The first-order chi connectivity index (χ1) is 11.5. The van der Waals surface area contributed by atoms with Crippen LogP contribution in [0.25, 0.3) is 11.1 Å². The maximum atomic E-state index is 12.2. The topological polar surface area (TPSA) is 92.2 Å². The van der Waals surface area contributed by atoms with Gasteiger partial charge in [-0.05, 0) is 25.0 Å². The summed E-state index contributed by atoms with van der Waals surface area (Å²) in [5, 5.41) is 12.1. The zero-order valence-electron chi connectivity index (χ0n) is 13.8. The van der Waals surface area contributed by atoms with Crippen LogP contribution in [-0.2, 0) is 4.79 Å². The molecule has 0 aromatic carbocycles. The molecule has 2 aromatic rings. The lowest BCUT2D eigenvalue weighted by molar-refractivity contribution is -0.149. The standard InChI is InChI=1S/C18H21N3O3/c1-3-18(4-2,17(23)24)12-21-16(22)15-8-7-14(11-20-15)13-6-5-9-19-10-13/h5-11H,3-4,12H2,1-2H3,(H,21,22)(H,23,24). The number of carbonyl (C=O) groups excluding carboxylic acids is 1. The molecule has 0 atom stereocenters. The van der Waals surface area contributed by atoms with Crippen molar-refractivity contribution in [3.05, 3.63) is 48.5 Å². The molecule has 0 fully saturated rings. The Hall–Kier alpha value is -2.76. The molecule has 1 amide bonds. The zero-order valence-corrected chi connectivity index (χ0v) is 13.8. The van der Waals surface area contributed by atoms with Gasteiger partial charge in [0.1, 0.15) is 5.69 Å². The van der Waals surface area contributed by atoms with Crippen LogP contribution in [-0.4, -0.2) is 33.5 Å². The van der Waals surface area contributed by atoms with E-state index >= 15 is 0 Å². The van der Waals surface area contributed by atoms with Gasteiger partial charge in [-0.15, -0.1) is 0 Å². The van der Waals surface area contributed by atoms with Gasteiger partial charge in [-0.3, -0.25) is 19.6 Å². The van der Waals surface area contributed by atoms with Crippen molar-refractivity contribution in [3.63, 3.8) is 0 Å². The Labute approximate surface area is 141 Å². The normalized spacial score (nSPS) is 11.1. The van der Waals surface area contributed by atoms with E-state index in [1.807, 2.05) is 26.0 Å².